The van der Waals surface area contributed by atoms with Crippen molar-refractivity contribution in [1.82, 2.24) is 14.5 Å². The fraction of sp³-hybridized carbons (Fsp3) is 0.550. The van der Waals surface area contributed by atoms with Gasteiger partial charge in [-0.2, -0.15) is 0 Å². The van der Waals surface area contributed by atoms with Crippen LogP contribution in [0.1, 0.15) is 33.6 Å². The zero-order valence-corrected chi connectivity index (χ0v) is 15.5. The van der Waals surface area contributed by atoms with E-state index in [9.17, 15) is 14.7 Å². The van der Waals surface area contributed by atoms with Crippen molar-refractivity contribution in [3.8, 4) is 0 Å². The lowest BCUT2D eigenvalue weighted by atomic mass is 9.62. The lowest BCUT2D eigenvalue weighted by Crippen LogP contribution is -2.60. The number of imide groups is 1. The summed E-state index contributed by atoms with van der Waals surface area (Å²) in [5, 5.41) is 10.6. The first-order valence-electron chi connectivity index (χ1n) is 9.19. The van der Waals surface area contributed by atoms with Gasteiger partial charge >= 0.3 is 0 Å². The lowest BCUT2D eigenvalue weighted by molar-refractivity contribution is -0.169. The van der Waals surface area contributed by atoms with E-state index in [-0.39, 0.29) is 29.7 Å². The molecule has 0 radical (unpaired) electrons. The van der Waals surface area contributed by atoms with E-state index in [1.165, 1.54) is 4.90 Å². The third kappa shape index (κ3) is 2.24. The second-order valence-electron chi connectivity index (χ2n) is 8.44. The van der Waals surface area contributed by atoms with Crippen LogP contribution < -0.4 is 0 Å². The summed E-state index contributed by atoms with van der Waals surface area (Å²) in [5.74, 6) is -0.424. The Morgan fingerprint density at radius 2 is 1.96 bits per heavy atom. The Kier molecular flexibility index (Phi) is 3.74. The number of rotatable bonds is 4. The van der Waals surface area contributed by atoms with Crippen molar-refractivity contribution in [2.45, 2.75) is 46.3 Å². The molecule has 6 nitrogen and oxygen atoms in total. The molecular formula is C20H25N3O3. The number of fused-ring (bicyclic) bond motifs is 3. The Balaban J connectivity index is 1.54. The van der Waals surface area contributed by atoms with Gasteiger partial charge in [-0.25, -0.2) is 4.98 Å². The van der Waals surface area contributed by atoms with Crippen LogP contribution in [0.25, 0.3) is 11.0 Å². The molecule has 2 amide bonds. The van der Waals surface area contributed by atoms with Crippen LogP contribution in [0.4, 0.5) is 0 Å². The Bertz CT molecular complexity index is 887. The van der Waals surface area contributed by atoms with Crippen LogP contribution in [0, 0.1) is 16.7 Å². The van der Waals surface area contributed by atoms with Gasteiger partial charge in [0.2, 0.25) is 11.8 Å². The van der Waals surface area contributed by atoms with Crippen LogP contribution in [-0.4, -0.2) is 44.0 Å². The maximum Gasteiger partial charge on any atom is 0.235 e. The summed E-state index contributed by atoms with van der Waals surface area (Å²) < 4.78 is 1.86. The van der Waals surface area contributed by atoms with Crippen LogP contribution >= 0.6 is 0 Å². The van der Waals surface area contributed by atoms with Crippen LogP contribution in [0.3, 0.4) is 0 Å². The van der Waals surface area contributed by atoms with E-state index in [2.05, 4.69) is 4.98 Å². The van der Waals surface area contributed by atoms with E-state index in [0.717, 1.165) is 23.9 Å². The summed E-state index contributed by atoms with van der Waals surface area (Å²) in [4.78, 5) is 31.5. The first kappa shape index (κ1) is 17.2. The second kappa shape index (κ2) is 5.64. The Morgan fingerprint density at radius 1 is 1.23 bits per heavy atom. The number of piperidine rings is 1. The molecule has 2 fully saturated rings. The van der Waals surface area contributed by atoms with Crippen molar-refractivity contribution in [3.63, 3.8) is 0 Å². The molecule has 138 valence electrons. The van der Waals surface area contributed by atoms with Crippen molar-refractivity contribution in [2.24, 2.45) is 16.7 Å². The number of benzene rings is 1. The molecule has 26 heavy (non-hydrogen) atoms. The smallest absolute Gasteiger partial charge is 0.235 e. The standard InChI is InChI=1S/C20H25N3O3/c1-19(2)14-8-9-20(19,3)18(26)23(17(14)25)11-13(24)10-22-12-21-15-6-4-5-7-16(15)22/h4-7,12-14,24H,8-11H2,1-3H3/t13-,14+,20+/m1/s1. The summed E-state index contributed by atoms with van der Waals surface area (Å²) in [6, 6.07) is 7.69. The molecule has 2 aromatic rings. The number of aromatic nitrogens is 2. The van der Waals surface area contributed by atoms with Crippen LogP contribution in [0.15, 0.2) is 30.6 Å². The van der Waals surface area contributed by atoms with E-state index < -0.39 is 11.5 Å². The Labute approximate surface area is 152 Å². The molecule has 1 aliphatic carbocycles. The number of para-hydroxylation sites is 2. The zero-order valence-electron chi connectivity index (χ0n) is 15.5. The minimum atomic E-state index is -0.829. The zero-order chi connectivity index (χ0) is 18.7. The number of carbonyl (C=O) groups is 2. The maximum atomic E-state index is 13.1. The maximum absolute atomic E-state index is 13.1. The van der Waals surface area contributed by atoms with Gasteiger partial charge in [0.15, 0.2) is 0 Å². The van der Waals surface area contributed by atoms with Gasteiger partial charge in [0.05, 0.1) is 42.0 Å². The number of nitrogens with zero attached hydrogens (tertiary/aromatic N) is 3. The number of amides is 2. The number of carbonyl (C=O) groups excluding carboxylic acids is 2. The van der Waals surface area contributed by atoms with Crippen LogP contribution in [0.2, 0.25) is 0 Å². The van der Waals surface area contributed by atoms with Crippen molar-refractivity contribution in [1.29, 1.82) is 0 Å². The number of imidazole rings is 1. The third-order valence-corrected chi connectivity index (χ3v) is 6.84. The van der Waals surface area contributed by atoms with Gasteiger partial charge in [-0.1, -0.05) is 32.9 Å². The highest BCUT2D eigenvalue weighted by Crippen LogP contribution is 2.60. The summed E-state index contributed by atoms with van der Waals surface area (Å²) in [7, 11) is 0. The van der Waals surface area contributed by atoms with Crippen LogP contribution in [-0.2, 0) is 16.1 Å². The normalized spacial score (nSPS) is 28.8. The highest BCUT2D eigenvalue weighted by atomic mass is 16.3. The molecule has 3 atom stereocenters. The predicted octanol–water partition coefficient (Wildman–Crippen LogP) is 2.21. The Morgan fingerprint density at radius 3 is 2.73 bits per heavy atom. The molecule has 1 N–H and O–H groups in total. The molecule has 2 heterocycles. The number of hydrogen-bond acceptors (Lipinski definition) is 4. The van der Waals surface area contributed by atoms with Gasteiger partial charge in [0.1, 0.15) is 0 Å². The quantitative estimate of drug-likeness (QED) is 0.853. The average Bonchev–Trinajstić information content (AvgIpc) is 3.08. The van der Waals surface area contributed by atoms with Gasteiger partial charge in [-0.3, -0.25) is 14.5 Å². The molecule has 1 saturated carbocycles. The van der Waals surface area contributed by atoms with Crippen molar-refractivity contribution in [2.75, 3.05) is 6.54 Å². The van der Waals surface area contributed by atoms with Crippen molar-refractivity contribution >= 4 is 22.8 Å². The van der Waals surface area contributed by atoms with E-state index in [0.29, 0.717) is 6.54 Å². The van der Waals surface area contributed by atoms with E-state index in [1.54, 1.807) is 6.33 Å². The molecule has 0 unspecified atom stereocenters. The van der Waals surface area contributed by atoms with Crippen LogP contribution in [0.5, 0.6) is 0 Å². The minimum absolute atomic E-state index is 0.0341. The number of β-amino-alcohol motifs (C(OH)–C–C–N with tert-alkyl or cyclic N) is 1. The largest absolute Gasteiger partial charge is 0.389 e. The summed E-state index contributed by atoms with van der Waals surface area (Å²) in [6.45, 7) is 6.33. The van der Waals surface area contributed by atoms with E-state index >= 15 is 0 Å². The Hall–Kier alpha value is -2.21. The molecule has 1 aliphatic heterocycles. The van der Waals surface area contributed by atoms with Gasteiger partial charge < -0.3 is 9.67 Å². The van der Waals surface area contributed by atoms with Crippen molar-refractivity contribution in [3.05, 3.63) is 30.6 Å². The molecule has 4 rings (SSSR count). The summed E-state index contributed by atoms with van der Waals surface area (Å²) in [6.07, 6.45) is 2.33. The molecule has 0 spiro atoms. The number of likely N-dealkylation sites (tertiary alicyclic amines) is 1. The molecule has 1 aromatic carbocycles. The minimum Gasteiger partial charge on any atom is -0.389 e. The third-order valence-electron chi connectivity index (χ3n) is 6.84. The monoisotopic (exact) mass is 355 g/mol. The number of aliphatic hydroxyl groups excluding tert-OH is 1. The average molecular weight is 355 g/mol. The number of aliphatic hydroxyl groups is 1. The summed E-state index contributed by atoms with van der Waals surface area (Å²) >= 11 is 0. The fourth-order valence-corrected chi connectivity index (χ4v) is 4.73. The highest BCUT2D eigenvalue weighted by molar-refractivity contribution is 6.03. The van der Waals surface area contributed by atoms with Gasteiger partial charge in [-0.15, -0.1) is 0 Å². The lowest BCUT2D eigenvalue weighted by Gasteiger charge is -2.48. The second-order valence-corrected chi connectivity index (χ2v) is 8.44. The van der Waals surface area contributed by atoms with Gasteiger partial charge in [0, 0.05) is 5.92 Å². The highest BCUT2D eigenvalue weighted by Gasteiger charge is 2.64. The SMILES string of the molecule is CC1(C)[C@H]2CC[C@@]1(C)C(=O)N(C[C@H](O)Cn1cnc3ccccc31)C2=O. The molecule has 2 aliphatic rings. The fourth-order valence-electron chi connectivity index (χ4n) is 4.73. The summed E-state index contributed by atoms with van der Waals surface area (Å²) in [5.41, 5.74) is 0.920. The van der Waals surface area contributed by atoms with Gasteiger partial charge in [-0.05, 0) is 30.4 Å². The molecular weight excluding hydrogens is 330 g/mol. The first-order chi connectivity index (χ1) is 12.3. The predicted molar refractivity (Wildman–Crippen MR) is 97.1 cm³/mol. The molecule has 1 aromatic heterocycles. The van der Waals surface area contributed by atoms with E-state index in [1.807, 2.05) is 49.6 Å². The van der Waals surface area contributed by atoms with Crippen molar-refractivity contribution < 1.29 is 14.7 Å². The number of hydrogen-bond donors (Lipinski definition) is 1. The van der Waals surface area contributed by atoms with Gasteiger partial charge in [0.25, 0.3) is 0 Å². The topological polar surface area (TPSA) is 75.4 Å². The molecule has 2 bridgehead atoms. The molecule has 1 saturated heterocycles. The van der Waals surface area contributed by atoms with E-state index in [4.69, 9.17) is 0 Å². The first-order valence-corrected chi connectivity index (χ1v) is 9.19. The molecule has 6 heteroatoms.